The van der Waals surface area contributed by atoms with Crippen molar-refractivity contribution in [2.45, 2.75) is 31.1 Å². The molecule has 1 saturated heterocycles. The van der Waals surface area contributed by atoms with Crippen molar-refractivity contribution >= 4 is 16.0 Å². The highest BCUT2D eigenvalue weighted by atomic mass is 32.2. The van der Waals surface area contributed by atoms with Gasteiger partial charge >= 0.3 is 12.3 Å². The summed E-state index contributed by atoms with van der Waals surface area (Å²) in [6, 6.07) is 10.1. The van der Waals surface area contributed by atoms with E-state index < -0.39 is 22.4 Å². The Morgan fingerprint density at radius 2 is 1.66 bits per heavy atom. The number of carbonyl (C=O) groups is 1. The standard InChI is InChI=1S/C21H23F3N2O5S/c1-15-10-17(13-20(27)28)12-19(11-15)32(29,30)26-8-6-25(7-9-26)14-16-2-4-18(5-3-16)31-21(22,23)24/h2-5,10-12H,6-9,13-14H2,1H3,(H,27,28). The molecule has 3 rings (SSSR count). The van der Waals surface area contributed by atoms with Gasteiger partial charge in [-0.1, -0.05) is 18.2 Å². The van der Waals surface area contributed by atoms with E-state index in [-0.39, 0.29) is 30.2 Å². The van der Waals surface area contributed by atoms with Gasteiger partial charge < -0.3 is 9.84 Å². The van der Waals surface area contributed by atoms with E-state index in [1.54, 1.807) is 25.1 Å². The van der Waals surface area contributed by atoms with Crippen LogP contribution in [-0.2, 0) is 27.8 Å². The molecule has 2 aromatic carbocycles. The number of rotatable bonds is 7. The van der Waals surface area contributed by atoms with Crippen molar-refractivity contribution in [2.75, 3.05) is 26.2 Å². The molecule has 1 N–H and O–H groups in total. The maximum Gasteiger partial charge on any atom is 0.573 e. The van der Waals surface area contributed by atoms with Crippen LogP contribution < -0.4 is 4.74 Å². The lowest BCUT2D eigenvalue weighted by Crippen LogP contribution is -2.48. The van der Waals surface area contributed by atoms with Gasteiger partial charge in [-0.3, -0.25) is 9.69 Å². The molecule has 0 atom stereocenters. The van der Waals surface area contributed by atoms with Gasteiger partial charge in [0, 0.05) is 32.7 Å². The summed E-state index contributed by atoms with van der Waals surface area (Å²) in [6.07, 6.45) is -5.00. The van der Waals surface area contributed by atoms with Crippen LogP contribution in [0, 0.1) is 6.92 Å². The highest BCUT2D eigenvalue weighted by Gasteiger charge is 2.31. The van der Waals surface area contributed by atoms with Crippen LogP contribution in [0.5, 0.6) is 5.75 Å². The molecule has 7 nitrogen and oxygen atoms in total. The van der Waals surface area contributed by atoms with Crippen LogP contribution in [-0.4, -0.2) is 61.2 Å². The van der Waals surface area contributed by atoms with Crippen LogP contribution >= 0.6 is 0 Å². The van der Waals surface area contributed by atoms with Crippen LogP contribution in [0.3, 0.4) is 0 Å². The molecular weight excluding hydrogens is 449 g/mol. The molecule has 0 bridgehead atoms. The fraction of sp³-hybridized carbons (Fsp3) is 0.381. The quantitative estimate of drug-likeness (QED) is 0.667. The number of carboxylic acids is 1. The van der Waals surface area contributed by atoms with Gasteiger partial charge in [-0.2, -0.15) is 4.31 Å². The van der Waals surface area contributed by atoms with E-state index >= 15 is 0 Å². The first-order valence-corrected chi connectivity index (χ1v) is 11.3. The smallest absolute Gasteiger partial charge is 0.481 e. The Labute approximate surface area is 184 Å². The van der Waals surface area contributed by atoms with Crippen LogP contribution in [0.25, 0.3) is 0 Å². The second kappa shape index (κ2) is 9.47. The Morgan fingerprint density at radius 1 is 1.03 bits per heavy atom. The lowest BCUT2D eigenvalue weighted by atomic mass is 10.1. The highest BCUT2D eigenvalue weighted by Crippen LogP contribution is 2.24. The first-order chi connectivity index (χ1) is 14.9. The summed E-state index contributed by atoms with van der Waals surface area (Å²) < 4.78 is 68.1. The summed E-state index contributed by atoms with van der Waals surface area (Å²) >= 11 is 0. The number of aryl methyl sites for hydroxylation is 1. The summed E-state index contributed by atoms with van der Waals surface area (Å²) in [7, 11) is -3.77. The Bertz CT molecular complexity index is 1060. The van der Waals surface area contributed by atoms with E-state index in [0.717, 1.165) is 5.56 Å². The highest BCUT2D eigenvalue weighted by molar-refractivity contribution is 7.89. The number of ether oxygens (including phenoxy) is 1. The fourth-order valence-corrected chi connectivity index (χ4v) is 5.16. The van der Waals surface area contributed by atoms with Crippen LogP contribution in [0.15, 0.2) is 47.4 Å². The van der Waals surface area contributed by atoms with E-state index in [0.29, 0.717) is 30.8 Å². The molecule has 0 unspecified atom stereocenters. The van der Waals surface area contributed by atoms with Crippen molar-refractivity contribution in [2.24, 2.45) is 0 Å². The number of halogens is 3. The van der Waals surface area contributed by atoms with Gasteiger partial charge in [0.2, 0.25) is 10.0 Å². The summed E-state index contributed by atoms with van der Waals surface area (Å²) in [5.41, 5.74) is 1.87. The minimum absolute atomic E-state index is 0.0717. The molecule has 1 aliphatic heterocycles. The van der Waals surface area contributed by atoms with E-state index in [4.69, 9.17) is 5.11 Å². The van der Waals surface area contributed by atoms with Crippen molar-refractivity contribution in [1.82, 2.24) is 9.21 Å². The Balaban J connectivity index is 1.61. The summed E-state index contributed by atoms with van der Waals surface area (Å²) in [5.74, 6) is -1.33. The fourth-order valence-electron chi connectivity index (χ4n) is 3.58. The lowest BCUT2D eigenvalue weighted by molar-refractivity contribution is -0.274. The molecule has 32 heavy (non-hydrogen) atoms. The van der Waals surface area contributed by atoms with E-state index in [1.165, 1.54) is 28.6 Å². The van der Waals surface area contributed by atoms with Crippen LogP contribution in [0.2, 0.25) is 0 Å². The van der Waals surface area contributed by atoms with E-state index in [2.05, 4.69) is 4.74 Å². The molecule has 0 saturated carbocycles. The molecule has 0 amide bonds. The molecule has 0 spiro atoms. The molecule has 0 aliphatic carbocycles. The first-order valence-electron chi connectivity index (χ1n) is 9.82. The largest absolute Gasteiger partial charge is 0.573 e. The average Bonchev–Trinajstić information content (AvgIpc) is 2.68. The molecule has 0 radical (unpaired) electrons. The second-order valence-electron chi connectivity index (χ2n) is 7.60. The van der Waals surface area contributed by atoms with Gasteiger partial charge in [0.05, 0.1) is 11.3 Å². The van der Waals surface area contributed by atoms with Gasteiger partial charge in [0.1, 0.15) is 5.75 Å². The van der Waals surface area contributed by atoms with Gasteiger partial charge in [0.25, 0.3) is 0 Å². The number of benzene rings is 2. The van der Waals surface area contributed by atoms with Crippen LogP contribution in [0.1, 0.15) is 16.7 Å². The summed E-state index contributed by atoms with van der Waals surface area (Å²) in [5, 5.41) is 8.99. The van der Waals surface area contributed by atoms with Gasteiger partial charge in [-0.05, 0) is 47.9 Å². The monoisotopic (exact) mass is 472 g/mol. The number of aliphatic carboxylic acids is 1. The van der Waals surface area contributed by atoms with Gasteiger partial charge in [-0.15, -0.1) is 13.2 Å². The predicted octanol–water partition coefficient (Wildman–Crippen LogP) is 3.03. The maximum absolute atomic E-state index is 13.0. The summed E-state index contributed by atoms with van der Waals surface area (Å²) in [6.45, 7) is 3.59. The third-order valence-corrected chi connectivity index (χ3v) is 6.87. The van der Waals surface area contributed by atoms with Gasteiger partial charge in [-0.25, -0.2) is 8.42 Å². The molecule has 1 heterocycles. The molecular formula is C21H23F3N2O5S. The molecule has 11 heteroatoms. The van der Waals surface area contributed by atoms with Crippen molar-refractivity contribution in [3.8, 4) is 5.75 Å². The number of sulfonamides is 1. The number of alkyl halides is 3. The van der Waals surface area contributed by atoms with Crippen molar-refractivity contribution in [3.05, 3.63) is 59.2 Å². The number of carboxylic acid groups (broad SMARTS) is 1. The molecule has 1 aliphatic rings. The van der Waals surface area contributed by atoms with Gasteiger partial charge in [0.15, 0.2) is 0 Å². The number of hydrogen-bond acceptors (Lipinski definition) is 5. The molecule has 174 valence electrons. The number of hydrogen-bond donors (Lipinski definition) is 1. The number of nitrogens with zero attached hydrogens (tertiary/aromatic N) is 2. The Kier molecular flexibility index (Phi) is 7.11. The minimum atomic E-state index is -4.74. The predicted molar refractivity (Wildman–Crippen MR) is 110 cm³/mol. The zero-order chi connectivity index (χ0) is 23.5. The van der Waals surface area contributed by atoms with Crippen molar-refractivity contribution in [3.63, 3.8) is 0 Å². The van der Waals surface area contributed by atoms with E-state index in [1.807, 2.05) is 4.90 Å². The summed E-state index contributed by atoms with van der Waals surface area (Å²) in [4.78, 5) is 13.1. The topological polar surface area (TPSA) is 87.1 Å². The molecule has 0 aromatic heterocycles. The Morgan fingerprint density at radius 3 is 2.22 bits per heavy atom. The minimum Gasteiger partial charge on any atom is -0.481 e. The Hall–Kier alpha value is -2.63. The first kappa shape index (κ1) is 24.0. The lowest BCUT2D eigenvalue weighted by Gasteiger charge is -2.34. The third-order valence-electron chi connectivity index (χ3n) is 5.00. The van der Waals surface area contributed by atoms with Crippen LogP contribution in [0.4, 0.5) is 13.2 Å². The zero-order valence-corrected chi connectivity index (χ0v) is 18.1. The maximum atomic E-state index is 13.0. The van der Waals surface area contributed by atoms with E-state index in [9.17, 15) is 26.4 Å². The number of piperazine rings is 1. The third kappa shape index (κ3) is 6.44. The van der Waals surface area contributed by atoms with Crippen molar-refractivity contribution in [1.29, 1.82) is 0 Å². The average molecular weight is 472 g/mol. The SMILES string of the molecule is Cc1cc(CC(=O)O)cc(S(=O)(=O)N2CCN(Cc3ccc(OC(F)(F)F)cc3)CC2)c1. The second-order valence-corrected chi connectivity index (χ2v) is 9.53. The zero-order valence-electron chi connectivity index (χ0n) is 17.3. The molecule has 1 fully saturated rings. The normalized spacial score (nSPS) is 16.1. The molecule has 2 aromatic rings. The van der Waals surface area contributed by atoms with Crippen molar-refractivity contribution < 1.29 is 36.2 Å².